The first-order chi connectivity index (χ1) is 13.8. The zero-order valence-electron chi connectivity index (χ0n) is 17.8. The van der Waals surface area contributed by atoms with Crippen LogP contribution in [0.5, 0.6) is 5.75 Å². The molecule has 0 N–H and O–H groups in total. The first-order valence-corrected chi connectivity index (χ1v) is 10.5. The molecule has 4 rings (SSSR count). The number of hydrogen-bond donors (Lipinski definition) is 0. The summed E-state index contributed by atoms with van der Waals surface area (Å²) in [6.45, 7) is 7.31. The minimum Gasteiger partial charge on any atom is -0.496 e. The maximum absolute atomic E-state index is 6.33. The van der Waals surface area contributed by atoms with Gasteiger partial charge in [0, 0.05) is 39.3 Å². The van der Waals surface area contributed by atoms with E-state index in [0.29, 0.717) is 0 Å². The van der Waals surface area contributed by atoms with Gasteiger partial charge >= 0.3 is 0 Å². The zero-order valence-corrected chi connectivity index (χ0v) is 19.4. The number of likely N-dealkylation sites (tertiary alicyclic amines) is 1. The molecule has 0 aliphatic carbocycles. The monoisotopic (exact) mass is 452 g/mol. The normalized spacial score (nSPS) is 19.0. The Morgan fingerprint density at radius 3 is 2.33 bits per heavy atom. The van der Waals surface area contributed by atoms with Gasteiger partial charge in [-0.2, -0.15) is 0 Å². The third-order valence-corrected chi connectivity index (χ3v) is 6.23. The molecule has 0 saturated carbocycles. The number of methoxy groups -OCH3 is 1. The summed E-state index contributed by atoms with van der Waals surface area (Å²) >= 11 is 0. The van der Waals surface area contributed by atoms with Crippen LogP contribution in [0.3, 0.4) is 0 Å². The number of piperidine rings is 1. The standard InChI is InChI=1S/C24H32N2O2.2ClH/c1-27-23-10-6-5-9-22(23)11-14-25-15-12-24(13-16-25)20-26(17-18-28-24)19-21-7-3-2-4-8-21;;/h2-10H,11-20H2,1H3;2*1H. The molecule has 4 nitrogen and oxygen atoms in total. The van der Waals surface area contributed by atoms with Gasteiger partial charge in [0.25, 0.3) is 0 Å². The molecule has 2 fully saturated rings. The van der Waals surface area contributed by atoms with Crippen molar-refractivity contribution in [1.82, 2.24) is 9.80 Å². The largest absolute Gasteiger partial charge is 0.496 e. The van der Waals surface area contributed by atoms with Crippen molar-refractivity contribution in [2.75, 3.05) is 46.4 Å². The van der Waals surface area contributed by atoms with Crippen LogP contribution in [-0.4, -0.2) is 61.8 Å². The number of morpholine rings is 1. The molecular formula is C24H34Cl2N2O2. The van der Waals surface area contributed by atoms with Crippen molar-refractivity contribution in [2.45, 2.75) is 31.4 Å². The summed E-state index contributed by atoms with van der Waals surface area (Å²) in [4.78, 5) is 5.15. The van der Waals surface area contributed by atoms with E-state index in [0.717, 1.165) is 70.9 Å². The first kappa shape index (κ1) is 25.0. The van der Waals surface area contributed by atoms with Crippen molar-refractivity contribution < 1.29 is 9.47 Å². The zero-order chi connectivity index (χ0) is 19.2. The number of hydrogen-bond acceptors (Lipinski definition) is 4. The van der Waals surface area contributed by atoms with Crippen LogP contribution < -0.4 is 4.74 Å². The maximum atomic E-state index is 6.33. The molecule has 6 heteroatoms. The number of nitrogens with zero attached hydrogens (tertiary/aromatic N) is 2. The molecule has 2 saturated heterocycles. The van der Waals surface area contributed by atoms with Gasteiger partial charge in [0.05, 0.1) is 19.3 Å². The Morgan fingerprint density at radius 2 is 1.60 bits per heavy atom. The number of benzene rings is 2. The number of ether oxygens (including phenoxy) is 2. The second-order valence-corrected chi connectivity index (χ2v) is 8.13. The second kappa shape index (κ2) is 11.9. The molecule has 2 aliphatic rings. The average Bonchev–Trinajstić information content (AvgIpc) is 2.74. The Morgan fingerprint density at radius 1 is 0.900 bits per heavy atom. The van der Waals surface area contributed by atoms with Gasteiger partial charge in [0.2, 0.25) is 0 Å². The fraction of sp³-hybridized carbons (Fsp3) is 0.500. The molecule has 2 aromatic carbocycles. The van der Waals surface area contributed by atoms with E-state index in [1.165, 1.54) is 11.1 Å². The fourth-order valence-corrected chi connectivity index (χ4v) is 4.57. The molecule has 0 bridgehead atoms. The van der Waals surface area contributed by atoms with E-state index in [2.05, 4.69) is 58.3 Å². The van der Waals surface area contributed by atoms with Gasteiger partial charge in [-0.05, 0) is 36.5 Å². The Hall–Kier alpha value is -1.30. The van der Waals surface area contributed by atoms with Crippen molar-refractivity contribution in [3.63, 3.8) is 0 Å². The summed E-state index contributed by atoms with van der Waals surface area (Å²) in [6, 6.07) is 19.2. The molecule has 2 aromatic rings. The molecule has 30 heavy (non-hydrogen) atoms. The smallest absolute Gasteiger partial charge is 0.122 e. The van der Waals surface area contributed by atoms with Gasteiger partial charge in [-0.15, -0.1) is 24.8 Å². The Labute approximate surface area is 193 Å². The van der Waals surface area contributed by atoms with E-state index < -0.39 is 0 Å². The topological polar surface area (TPSA) is 24.9 Å². The Balaban J connectivity index is 0.00000160. The van der Waals surface area contributed by atoms with Gasteiger partial charge in [-0.3, -0.25) is 4.90 Å². The molecule has 0 aromatic heterocycles. The first-order valence-electron chi connectivity index (χ1n) is 10.5. The van der Waals surface area contributed by atoms with Crippen molar-refractivity contribution in [1.29, 1.82) is 0 Å². The highest BCUT2D eigenvalue weighted by molar-refractivity contribution is 5.85. The second-order valence-electron chi connectivity index (χ2n) is 8.13. The lowest BCUT2D eigenvalue weighted by atomic mass is 9.89. The van der Waals surface area contributed by atoms with Crippen LogP contribution >= 0.6 is 24.8 Å². The molecule has 0 amide bonds. The minimum atomic E-state index is 0. The van der Waals surface area contributed by atoms with Crippen LogP contribution in [0.1, 0.15) is 24.0 Å². The lowest BCUT2D eigenvalue weighted by Gasteiger charge is -2.47. The molecule has 2 aliphatic heterocycles. The van der Waals surface area contributed by atoms with Gasteiger partial charge in [0.1, 0.15) is 5.75 Å². The highest BCUT2D eigenvalue weighted by atomic mass is 35.5. The summed E-state index contributed by atoms with van der Waals surface area (Å²) in [6.07, 6.45) is 3.30. The molecule has 166 valence electrons. The number of para-hydroxylation sites is 1. The highest BCUT2D eigenvalue weighted by Crippen LogP contribution is 2.31. The number of halogens is 2. The third kappa shape index (κ3) is 6.35. The van der Waals surface area contributed by atoms with Crippen LogP contribution in [-0.2, 0) is 17.7 Å². The highest BCUT2D eigenvalue weighted by Gasteiger charge is 2.39. The average molecular weight is 453 g/mol. The Bertz CT molecular complexity index is 752. The molecule has 1 spiro atoms. The van der Waals surface area contributed by atoms with Crippen molar-refractivity contribution in [2.24, 2.45) is 0 Å². The van der Waals surface area contributed by atoms with E-state index in [1.807, 2.05) is 6.07 Å². The van der Waals surface area contributed by atoms with Crippen LogP contribution in [0.4, 0.5) is 0 Å². The van der Waals surface area contributed by atoms with Crippen LogP contribution in [0.2, 0.25) is 0 Å². The maximum Gasteiger partial charge on any atom is 0.122 e. The van der Waals surface area contributed by atoms with E-state index in [4.69, 9.17) is 9.47 Å². The van der Waals surface area contributed by atoms with E-state index >= 15 is 0 Å². The lowest BCUT2D eigenvalue weighted by Crippen LogP contribution is -2.56. The minimum absolute atomic E-state index is 0. The fourth-order valence-electron chi connectivity index (χ4n) is 4.57. The van der Waals surface area contributed by atoms with Crippen LogP contribution in [0, 0.1) is 0 Å². The summed E-state index contributed by atoms with van der Waals surface area (Å²) in [5, 5.41) is 0. The third-order valence-electron chi connectivity index (χ3n) is 6.23. The van der Waals surface area contributed by atoms with E-state index in [1.54, 1.807) is 7.11 Å². The summed E-state index contributed by atoms with van der Waals surface area (Å²) < 4.78 is 11.8. The van der Waals surface area contributed by atoms with Gasteiger partial charge in [-0.25, -0.2) is 0 Å². The SMILES string of the molecule is COc1ccccc1CCN1CCC2(CC1)CN(Cc1ccccc1)CCO2.Cl.Cl. The molecule has 2 heterocycles. The van der Waals surface area contributed by atoms with Gasteiger partial charge in [-0.1, -0.05) is 48.5 Å². The van der Waals surface area contributed by atoms with Crippen molar-refractivity contribution in [3.05, 3.63) is 65.7 Å². The predicted molar refractivity (Wildman–Crippen MR) is 127 cm³/mol. The van der Waals surface area contributed by atoms with Crippen molar-refractivity contribution >= 4 is 24.8 Å². The molecule has 0 atom stereocenters. The molecule has 0 radical (unpaired) electrons. The lowest BCUT2D eigenvalue weighted by molar-refractivity contribution is -0.137. The van der Waals surface area contributed by atoms with E-state index in [9.17, 15) is 0 Å². The van der Waals surface area contributed by atoms with Crippen LogP contribution in [0.25, 0.3) is 0 Å². The molecule has 0 unspecified atom stereocenters. The quantitative estimate of drug-likeness (QED) is 0.646. The summed E-state index contributed by atoms with van der Waals surface area (Å²) in [5.74, 6) is 1.00. The summed E-state index contributed by atoms with van der Waals surface area (Å²) in [7, 11) is 1.76. The predicted octanol–water partition coefficient (Wildman–Crippen LogP) is 4.45. The van der Waals surface area contributed by atoms with Crippen LogP contribution in [0.15, 0.2) is 54.6 Å². The van der Waals surface area contributed by atoms with Gasteiger partial charge < -0.3 is 14.4 Å². The molecular weight excluding hydrogens is 419 g/mol. The summed E-state index contributed by atoms with van der Waals surface area (Å²) in [5.41, 5.74) is 2.75. The van der Waals surface area contributed by atoms with E-state index in [-0.39, 0.29) is 30.4 Å². The Kier molecular flexibility index (Phi) is 9.92. The van der Waals surface area contributed by atoms with Gasteiger partial charge in [0.15, 0.2) is 0 Å². The number of rotatable bonds is 6. The van der Waals surface area contributed by atoms with Crippen molar-refractivity contribution in [3.8, 4) is 5.75 Å².